The fraction of sp³-hybridized carbons (Fsp3) is 0.471. The summed E-state index contributed by atoms with van der Waals surface area (Å²) in [6.45, 7) is 8.48. The van der Waals surface area contributed by atoms with Gasteiger partial charge in [0.05, 0.1) is 18.3 Å². The third kappa shape index (κ3) is 3.85. The maximum atomic E-state index is 5.49. The van der Waals surface area contributed by atoms with Crippen molar-refractivity contribution in [3.05, 3.63) is 45.9 Å². The molecule has 0 spiro atoms. The SMILES string of the molecule is COc1ccc(C)cc1CN1CCN(Cc2cscn2)CC1. The van der Waals surface area contributed by atoms with Crippen molar-refractivity contribution in [3.63, 3.8) is 0 Å². The molecule has 2 heterocycles. The second-order valence-electron chi connectivity index (χ2n) is 5.85. The Labute approximate surface area is 136 Å². The average molecular weight is 317 g/mol. The topological polar surface area (TPSA) is 28.6 Å². The van der Waals surface area contributed by atoms with E-state index in [1.807, 2.05) is 5.51 Å². The molecule has 1 fully saturated rings. The van der Waals surface area contributed by atoms with Gasteiger partial charge in [0.2, 0.25) is 0 Å². The van der Waals surface area contributed by atoms with E-state index >= 15 is 0 Å². The zero-order valence-corrected chi connectivity index (χ0v) is 14.1. The second-order valence-corrected chi connectivity index (χ2v) is 6.57. The van der Waals surface area contributed by atoms with Gasteiger partial charge >= 0.3 is 0 Å². The average Bonchev–Trinajstić information content (AvgIpc) is 3.02. The van der Waals surface area contributed by atoms with Crippen LogP contribution < -0.4 is 4.74 Å². The predicted molar refractivity (Wildman–Crippen MR) is 90.4 cm³/mol. The number of benzene rings is 1. The Morgan fingerprint density at radius 2 is 1.86 bits per heavy atom. The van der Waals surface area contributed by atoms with E-state index in [-0.39, 0.29) is 0 Å². The number of hydrogen-bond donors (Lipinski definition) is 0. The van der Waals surface area contributed by atoms with Gasteiger partial charge in [-0.1, -0.05) is 17.7 Å². The van der Waals surface area contributed by atoms with Crippen LogP contribution >= 0.6 is 11.3 Å². The molecule has 0 radical (unpaired) electrons. The molecule has 0 unspecified atom stereocenters. The van der Waals surface area contributed by atoms with Crippen LogP contribution in [0.4, 0.5) is 0 Å². The summed E-state index contributed by atoms with van der Waals surface area (Å²) >= 11 is 1.67. The summed E-state index contributed by atoms with van der Waals surface area (Å²) in [5, 5.41) is 2.14. The summed E-state index contributed by atoms with van der Waals surface area (Å²) in [6, 6.07) is 6.41. The number of methoxy groups -OCH3 is 1. The Bertz CT molecular complexity index is 592. The lowest BCUT2D eigenvalue weighted by Gasteiger charge is -2.34. The first kappa shape index (κ1) is 15.5. The van der Waals surface area contributed by atoms with Gasteiger partial charge in [0.1, 0.15) is 5.75 Å². The van der Waals surface area contributed by atoms with E-state index in [2.05, 4.69) is 45.3 Å². The molecule has 0 bridgehead atoms. The fourth-order valence-corrected chi connectivity index (χ4v) is 3.47. The first-order valence-corrected chi connectivity index (χ1v) is 8.64. The van der Waals surface area contributed by atoms with Crippen LogP contribution in [0.3, 0.4) is 0 Å². The lowest BCUT2D eigenvalue weighted by molar-refractivity contribution is 0.120. The molecule has 0 saturated carbocycles. The molecule has 4 nitrogen and oxygen atoms in total. The normalized spacial score (nSPS) is 16.8. The van der Waals surface area contributed by atoms with Crippen molar-refractivity contribution >= 4 is 11.3 Å². The number of aromatic nitrogens is 1. The molecule has 0 N–H and O–H groups in total. The number of aryl methyl sites for hydroxylation is 1. The van der Waals surface area contributed by atoms with E-state index in [1.165, 1.54) is 16.8 Å². The van der Waals surface area contributed by atoms with Gasteiger partial charge in [-0.2, -0.15) is 0 Å². The molecular formula is C17H23N3OS. The third-order valence-corrected chi connectivity index (χ3v) is 4.80. The molecule has 1 aromatic heterocycles. The predicted octanol–water partition coefficient (Wildman–Crippen LogP) is 2.78. The third-order valence-electron chi connectivity index (χ3n) is 4.16. The minimum Gasteiger partial charge on any atom is -0.496 e. The van der Waals surface area contributed by atoms with Gasteiger partial charge in [0.25, 0.3) is 0 Å². The Hall–Kier alpha value is -1.43. The largest absolute Gasteiger partial charge is 0.496 e. The summed E-state index contributed by atoms with van der Waals surface area (Å²) in [6.07, 6.45) is 0. The van der Waals surface area contributed by atoms with Crippen LogP contribution in [0.25, 0.3) is 0 Å². The number of hydrogen-bond acceptors (Lipinski definition) is 5. The Balaban J connectivity index is 1.54. The van der Waals surface area contributed by atoms with Crippen molar-refractivity contribution in [2.45, 2.75) is 20.0 Å². The first-order chi connectivity index (χ1) is 10.7. The van der Waals surface area contributed by atoms with E-state index < -0.39 is 0 Å². The summed E-state index contributed by atoms with van der Waals surface area (Å²) in [5.41, 5.74) is 5.68. The van der Waals surface area contributed by atoms with Crippen LogP contribution in [-0.2, 0) is 13.1 Å². The molecule has 118 valence electrons. The van der Waals surface area contributed by atoms with Gasteiger partial charge in [-0.25, -0.2) is 4.98 Å². The lowest BCUT2D eigenvalue weighted by atomic mass is 10.1. The molecule has 0 aliphatic carbocycles. The smallest absolute Gasteiger partial charge is 0.123 e. The van der Waals surface area contributed by atoms with Crippen LogP contribution in [0, 0.1) is 6.92 Å². The number of ether oxygens (including phenoxy) is 1. The molecule has 1 saturated heterocycles. The highest BCUT2D eigenvalue weighted by Crippen LogP contribution is 2.22. The van der Waals surface area contributed by atoms with Crippen molar-refractivity contribution in [1.82, 2.24) is 14.8 Å². The van der Waals surface area contributed by atoms with E-state index in [4.69, 9.17) is 4.74 Å². The number of rotatable bonds is 5. The molecule has 5 heteroatoms. The van der Waals surface area contributed by atoms with Crippen molar-refractivity contribution < 1.29 is 4.74 Å². The highest BCUT2D eigenvalue weighted by molar-refractivity contribution is 7.07. The van der Waals surface area contributed by atoms with Crippen LogP contribution in [0.1, 0.15) is 16.8 Å². The maximum absolute atomic E-state index is 5.49. The maximum Gasteiger partial charge on any atom is 0.123 e. The van der Waals surface area contributed by atoms with Gasteiger partial charge in [-0.05, 0) is 13.0 Å². The van der Waals surface area contributed by atoms with E-state index in [0.29, 0.717) is 0 Å². The first-order valence-electron chi connectivity index (χ1n) is 7.70. The fourth-order valence-electron chi connectivity index (χ4n) is 2.92. The monoisotopic (exact) mass is 317 g/mol. The molecule has 0 amide bonds. The molecule has 1 aliphatic rings. The van der Waals surface area contributed by atoms with Crippen LogP contribution in [0.2, 0.25) is 0 Å². The van der Waals surface area contributed by atoms with E-state index in [9.17, 15) is 0 Å². The van der Waals surface area contributed by atoms with Gasteiger partial charge in [0, 0.05) is 50.2 Å². The molecule has 0 atom stereocenters. The van der Waals surface area contributed by atoms with Crippen LogP contribution in [-0.4, -0.2) is 48.1 Å². The quantitative estimate of drug-likeness (QED) is 0.848. The lowest BCUT2D eigenvalue weighted by Crippen LogP contribution is -2.45. The molecule has 3 rings (SSSR count). The summed E-state index contributed by atoms with van der Waals surface area (Å²) in [7, 11) is 1.75. The second kappa shape index (κ2) is 7.22. The van der Waals surface area contributed by atoms with Crippen molar-refractivity contribution in [2.24, 2.45) is 0 Å². The van der Waals surface area contributed by atoms with Gasteiger partial charge in [-0.15, -0.1) is 11.3 Å². The van der Waals surface area contributed by atoms with E-state index in [1.54, 1.807) is 18.4 Å². The standard InChI is InChI=1S/C17H23N3OS/c1-14-3-4-17(21-2)15(9-14)10-19-5-7-20(8-6-19)11-16-12-22-13-18-16/h3-4,9,12-13H,5-8,10-11H2,1-2H3. The summed E-state index contributed by atoms with van der Waals surface area (Å²) in [4.78, 5) is 9.37. The molecular weight excluding hydrogens is 294 g/mol. The van der Waals surface area contributed by atoms with Gasteiger partial charge < -0.3 is 4.74 Å². The minimum absolute atomic E-state index is 0.968. The molecule has 1 aromatic carbocycles. The van der Waals surface area contributed by atoms with Crippen molar-refractivity contribution in [1.29, 1.82) is 0 Å². The number of nitrogens with zero attached hydrogens (tertiary/aromatic N) is 3. The van der Waals surface area contributed by atoms with Gasteiger partial charge in [-0.3, -0.25) is 9.80 Å². The molecule has 2 aromatic rings. The highest BCUT2D eigenvalue weighted by atomic mass is 32.1. The van der Waals surface area contributed by atoms with Crippen LogP contribution in [0.15, 0.2) is 29.1 Å². The Morgan fingerprint density at radius 3 is 2.50 bits per heavy atom. The van der Waals surface area contributed by atoms with Crippen LogP contribution in [0.5, 0.6) is 5.75 Å². The van der Waals surface area contributed by atoms with Crippen molar-refractivity contribution in [2.75, 3.05) is 33.3 Å². The zero-order valence-electron chi connectivity index (χ0n) is 13.3. The minimum atomic E-state index is 0.968. The molecule has 22 heavy (non-hydrogen) atoms. The summed E-state index contributed by atoms with van der Waals surface area (Å²) < 4.78 is 5.49. The van der Waals surface area contributed by atoms with Crippen molar-refractivity contribution in [3.8, 4) is 5.75 Å². The number of thiazole rings is 1. The van der Waals surface area contributed by atoms with E-state index in [0.717, 1.165) is 45.0 Å². The Morgan fingerprint density at radius 1 is 1.14 bits per heavy atom. The highest BCUT2D eigenvalue weighted by Gasteiger charge is 2.18. The zero-order chi connectivity index (χ0) is 15.4. The molecule has 1 aliphatic heterocycles. The summed E-state index contributed by atoms with van der Waals surface area (Å²) in [5.74, 6) is 0.996. The Kier molecular flexibility index (Phi) is 5.08. The van der Waals surface area contributed by atoms with Gasteiger partial charge in [0.15, 0.2) is 0 Å². The number of piperazine rings is 1.